The van der Waals surface area contributed by atoms with Crippen LogP contribution >= 0.6 is 0 Å². The Morgan fingerprint density at radius 1 is 1.33 bits per heavy atom. The first-order valence-electron chi connectivity index (χ1n) is 4.44. The van der Waals surface area contributed by atoms with Crippen LogP contribution in [0.4, 0.5) is 0 Å². The maximum absolute atomic E-state index is 3.25. The first-order valence-corrected chi connectivity index (χ1v) is 4.44. The van der Waals surface area contributed by atoms with E-state index in [0.717, 1.165) is 0 Å². The van der Waals surface area contributed by atoms with Crippen molar-refractivity contribution in [3.8, 4) is 0 Å². The topological polar surface area (TPSA) is 0 Å². The van der Waals surface area contributed by atoms with Crippen molar-refractivity contribution in [2.75, 3.05) is 0 Å². The number of hydrogen-bond donors (Lipinski definition) is 0. The maximum atomic E-state index is 3.25. The molecule has 1 atom stereocenters. The van der Waals surface area contributed by atoms with Gasteiger partial charge in [-0.2, -0.15) is 0 Å². The highest BCUT2D eigenvalue weighted by molar-refractivity contribution is 5.44. The fraction of sp³-hybridized carbons (Fsp3) is 0.250. The zero-order chi connectivity index (χ0) is 8.39. The van der Waals surface area contributed by atoms with Crippen LogP contribution in [0.2, 0.25) is 0 Å². The van der Waals surface area contributed by atoms with Crippen LogP contribution in [-0.4, -0.2) is 0 Å². The average Bonchev–Trinajstić information content (AvgIpc) is 2.17. The molecule has 2 rings (SSSR count). The second kappa shape index (κ2) is 3.14. The minimum atomic E-state index is 0.599. The van der Waals surface area contributed by atoms with Crippen LogP contribution in [0.1, 0.15) is 30.4 Å². The normalized spacial score (nSPS) is 20.6. The van der Waals surface area contributed by atoms with E-state index in [2.05, 4.69) is 43.7 Å². The van der Waals surface area contributed by atoms with E-state index in [1.807, 2.05) is 6.08 Å². The summed E-state index contributed by atoms with van der Waals surface area (Å²) in [6.45, 7) is 2.22. The second-order valence-corrected chi connectivity index (χ2v) is 3.11. The Balaban J connectivity index is 2.43. The highest BCUT2D eigenvalue weighted by atomic mass is 14.2. The molecular weight excluding hydrogens is 144 g/mol. The van der Waals surface area contributed by atoms with Crippen LogP contribution in [0.3, 0.4) is 0 Å². The van der Waals surface area contributed by atoms with Crippen LogP contribution in [-0.2, 0) is 0 Å². The van der Waals surface area contributed by atoms with Gasteiger partial charge in [0, 0.05) is 12.3 Å². The van der Waals surface area contributed by atoms with Gasteiger partial charge in [-0.05, 0) is 17.5 Å². The number of rotatable bonds is 1. The van der Waals surface area contributed by atoms with E-state index >= 15 is 0 Å². The molecule has 0 saturated carbocycles. The Morgan fingerprint density at radius 3 is 3.00 bits per heavy atom. The molecule has 1 aliphatic rings. The summed E-state index contributed by atoms with van der Waals surface area (Å²) in [5, 5.41) is 0. The first kappa shape index (κ1) is 7.60. The molecule has 0 spiro atoms. The summed E-state index contributed by atoms with van der Waals surface area (Å²) in [7, 11) is 0. The fourth-order valence-corrected chi connectivity index (χ4v) is 1.67. The summed E-state index contributed by atoms with van der Waals surface area (Å²) >= 11 is 0. The van der Waals surface area contributed by atoms with Gasteiger partial charge in [0.1, 0.15) is 0 Å². The molecule has 0 aliphatic heterocycles. The van der Waals surface area contributed by atoms with Gasteiger partial charge in [0.05, 0.1) is 0 Å². The standard InChI is InChI=1S/C12H12/c1-2-10-7-5-8-11-6-3-4-9-12(10)11/h3-7,9-10H,2H2,1H3. The Bertz CT molecular complexity index is 297. The second-order valence-electron chi connectivity index (χ2n) is 3.11. The molecule has 0 heteroatoms. The third-order valence-corrected chi connectivity index (χ3v) is 2.37. The van der Waals surface area contributed by atoms with Crippen LogP contribution < -0.4 is 0 Å². The number of allylic oxidation sites excluding steroid dienone is 2. The van der Waals surface area contributed by atoms with Crippen molar-refractivity contribution in [1.29, 1.82) is 0 Å². The molecule has 0 bridgehead atoms. The Hall–Kier alpha value is -1.04. The lowest BCUT2D eigenvalue weighted by atomic mass is 9.86. The van der Waals surface area contributed by atoms with Gasteiger partial charge in [0.25, 0.3) is 0 Å². The molecule has 1 unspecified atom stereocenters. The molecule has 1 aromatic rings. The molecule has 0 heterocycles. The van der Waals surface area contributed by atoms with Gasteiger partial charge in [0.2, 0.25) is 0 Å². The van der Waals surface area contributed by atoms with Crippen molar-refractivity contribution in [1.82, 2.24) is 0 Å². The highest BCUT2D eigenvalue weighted by Gasteiger charge is 2.12. The molecule has 0 N–H and O–H groups in total. The van der Waals surface area contributed by atoms with Gasteiger partial charge in [0.15, 0.2) is 0 Å². The smallest absolute Gasteiger partial charge is 0.0423 e. The number of fused-ring (bicyclic) bond motifs is 1. The lowest BCUT2D eigenvalue weighted by Gasteiger charge is -2.18. The largest absolute Gasteiger partial charge is 0.0800 e. The lowest BCUT2D eigenvalue weighted by molar-refractivity contribution is 0.792. The van der Waals surface area contributed by atoms with E-state index in [-0.39, 0.29) is 0 Å². The number of benzene rings is 1. The summed E-state index contributed by atoms with van der Waals surface area (Å²) in [6.07, 6.45) is 8.68. The minimum absolute atomic E-state index is 0.599. The first-order chi connectivity index (χ1) is 5.92. The molecule has 0 fully saturated rings. The third kappa shape index (κ3) is 1.18. The van der Waals surface area contributed by atoms with Crippen molar-refractivity contribution in [2.45, 2.75) is 19.3 Å². The zero-order valence-corrected chi connectivity index (χ0v) is 7.25. The molecule has 0 amide bonds. The summed E-state index contributed by atoms with van der Waals surface area (Å²) in [6, 6.07) is 8.49. The average molecular weight is 156 g/mol. The third-order valence-electron chi connectivity index (χ3n) is 2.37. The molecule has 0 aromatic heterocycles. The van der Waals surface area contributed by atoms with E-state index in [1.54, 1.807) is 0 Å². The predicted molar refractivity (Wildman–Crippen MR) is 51.0 cm³/mol. The van der Waals surface area contributed by atoms with Crippen LogP contribution in [0.25, 0.3) is 0 Å². The number of hydrogen-bond acceptors (Lipinski definition) is 0. The highest BCUT2D eigenvalue weighted by Crippen LogP contribution is 2.29. The summed E-state index contributed by atoms with van der Waals surface area (Å²) < 4.78 is 0. The zero-order valence-electron chi connectivity index (χ0n) is 7.25. The monoisotopic (exact) mass is 156 g/mol. The van der Waals surface area contributed by atoms with Crippen LogP contribution in [0, 0.1) is 6.42 Å². The Labute approximate surface area is 73.9 Å². The molecule has 0 nitrogen and oxygen atoms in total. The minimum Gasteiger partial charge on any atom is -0.0800 e. The van der Waals surface area contributed by atoms with E-state index in [9.17, 15) is 0 Å². The SMILES string of the molecule is CCC1C=C[C]c2ccccc21. The summed E-state index contributed by atoms with van der Waals surface area (Å²) in [5.41, 5.74) is 2.68. The predicted octanol–water partition coefficient (Wildman–Crippen LogP) is 3.18. The van der Waals surface area contributed by atoms with Crippen molar-refractivity contribution >= 4 is 0 Å². The van der Waals surface area contributed by atoms with E-state index in [1.165, 1.54) is 17.5 Å². The lowest BCUT2D eigenvalue weighted by Crippen LogP contribution is -2.01. The van der Waals surface area contributed by atoms with E-state index in [0.29, 0.717) is 5.92 Å². The molecule has 1 aliphatic carbocycles. The maximum Gasteiger partial charge on any atom is 0.0423 e. The van der Waals surface area contributed by atoms with Crippen LogP contribution in [0.15, 0.2) is 36.4 Å². The fourth-order valence-electron chi connectivity index (χ4n) is 1.67. The summed E-state index contributed by atoms with van der Waals surface area (Å²) in [4.78, 5) is 0. The van der Waals surface area contributed by atoms with Gasteiger partial charge in [-0.25, -0.2) is 0 Å². The molecule has 60 valence electrons. The van der Waals surface area contributed by atoms with Crippen molar-refractivity contribution in [3.63, 3.8) is 0 Å². The Morgan fingerprint density at radius 2 is 2.17 bits per heavy atom. The van der Waals surface area contributed by atoms with Gasteiger partial charge < -0.3 is 0 Å². The van der Waals surface area contributed by atoms with E-state index in [4.69, 9.17) is 0 Å². The molecule has 0 saturated heterocycles. The van der Waals surface area contributed by atoms with Gasteiger partial charge in [-0.3, -0.25) is 0 Å². The molecule has 1 aromatic carbocycles. The quantitative estimate of drug-likeness (QED) is 0.585. The molecule has 12 heavy (non-hydrogen) atoms. The van der Waals surface area contributed by atoms with E-state index < -0.39 is 0 Å². The van der Waals surface area contributed by atoms with Gasteiger partial charge >= 0.3 is 0 Å². The summed E-state index contributed by atoms with van der Waals surface area (Å²) in [5.74, 6) is 0.599. The van der Waals surface area contributed by atoms with Crippen LogP contribution in [0.5, 0.6) is 0 Å². The molecule has 2 radical (unpaired) electrons. The van der Waals surface area contributed by atoms with Gasteiger partial charge in [-0.15, -0.1) is 0 Å². The van der Waals surface area contributed by atoms with Crippen molar-refractivity contribution in [2.24, 2.45) is 0 Å². The molecular formula is C12H12. The van der Waals surface area contributed by atoms with Gasteiger partial charge in [-0.1, -0.05) is 43.3 Å². The van der Waals surface area contributed by atoms with Crippen molar-refractivity contribution in [3.05, 3.63) is 54.0 Å². The van der Waals surface area contributed by atoms with Crippen molar-refractivity contribution < 1.29 is 0 Å². The Kier molecular flexibility index (Phi) is 1.99.